The van der Waals surface area contributed by atoms with Crippen molar-refractivity contribution in [1.82, 2.24) is 0 Å². The number of aromatic hydroxyl groups is 1. The summed E-state index contributed by atoms with van der Waals surface area (Å²) in [6.07, 6.45) is 1.52. The van der Waals surface area contributed by atoms with E-state index < -0.39 is 5.60 Å². The second-order valence-corrected chi connectivity index (χ2v) is 5.51. The molecule has 82 valence electrons. The zero-order chi connectivity index (χ0) is 11.3. The highest BCUT2D eigenvalue weighted by atomic mass is 16.3. The Balaban J connectivity index is 2.47. The van der Waals surface area contributed by atoms with E-state index in [1.54, 1.807) is 6.07 Å². The normalized spacial score (nSPS) is 18.9. The van der Waals surface area contributed by atoms with Gasteiger partial charge in [0.1, 0.15) is 5.75 Å². The Labute approximate surface area is 90.6 Å². The van der Waals surface area contributed by atoms with E-state index in [-0.39, 0.29) is 11.2 Å². The molecule has 0 saturated heterocycles. The fourth-order valence-electron chi connectivity index (χ4n) is 1.76. The lowest BCUT2D eigenvalue weighted by atomic mass is 9.85. The lowest BCUT2D eigenvalue weighted by molar-refractivity contribution is 0.147. The summed E-state index contributed by atoms with van der Waals surface area (Å²) in [7, 11) is 0. The van der Waals surface area contributed by atoms with Gasteiger partial charge >= 0.3 is 0 Å². The molecular weight excluding hydrogens is 188 g/mol. The topological polar surface area (TPSA) is 40.5 Å². The first-order valence-corrected chi connectivity index (χ1v) is 5.39. The van der Waals surface area contributed by atoms with Crippen LogP contribution in [-0.2, 0) is 11.0 Å². The van der Waals surface area contributed by atoms with E-state index in [4.69, 9.17) is 0 Å². The average Bonchev–Trinajstić information content (AvgIpc) is 2.83. The van der Waals surface area contributed by atoms with E-state index in [2.05, 4.69) is 20.8 Å². The smallest absolute Gasteiger partial charge is 0.121 e. The first kappa shape index (κ1) is 10.5. The molecule has 0 atom stereocenters. The molecule has 2 N–H and O–H groups in total. The van der Waals surface area contributed by atoms with E-state index in [1.165, 1.54) is 0 Å². The van der Waals surface area contributed by atoms with Crippen molar-refractivity contribution in [2.24, 2.45) is 0 Å². The van der Waals surface area contributed by atoms with Crippen molar-refractivity contribution in [3.63, 3.8) is 0 Å². The van der Waals surface area contributed by atoms with Gasteiger partial charge in [0.25, 0.3) is 0 Å². The van der Waals surface area contributed by atoms with Gasteiger partial charge in [0.15, 0.2) is 0 Å². The van der Waals surface area contributed by atoms with Crippen molar-refractivity contribution < 1.29 is 10.2 Å². The third-order valence-electron chi connectivity index (χ3n) is 3.09. The fraction of sp³-hybridized carbons (Fsp3) is 0.538. The Morgan fingerprint density at radius 2 is 1.80 bits per heavy atom. The van der Waals surface area contributed by atoms with Gasteiger partial charge in [-0.05, 0) is 36.0 Å². The van der Waals surface area contributed by atoms with Crippen LogP contribution in [0, 0.1) is 0 Å². The minimum Gasteiger partial charge on any atom is -0.508 e. The highest BCUT2D eigenvalue weighted by molar-refractivity contribution is 5.44. The van der Waals surface area contributed by atoms with Crippen LogP contribution in [0.4, 0.5) is 0 Å². The van der Waals surface area contributed by atoms with Crippen LogP contribution < -0.4 is 0 Å². The molecule has 0 bridgehead atoms. The first-order valence-electron chi connectivity index (χ1n) is 5.39. The minimum absolute atomic E-state index is 0.0493. The van der Waals surface area contributed by atoms with Crippen LogP contribution in [-0.4, -0.2) is 10.2 Å². The summed E-state index contributed by atoms with van der Waals surface area (Å²) in [5.74, 6) is 0.211. The molecule has 1 aromatic carbocycles. The molecule has 0 radical (unpaired) electrons. The van der Waals surface area contributed by atoms with E-state index in [9.17, 15) is 10.2 Å². The third-order valence-corrected chi connectivity index (χ3v) is 3.09. The van der Waals surface area contributed by atoms with Crippen LogP contribution >= 0.6 is 0 Å². The fourth-order valence-corrected chi connectivity index (χ4v) is 1.76. The molecule has 0 spiro atoms. The largest absolute Gasteiger partial charge is 0.508 e. The molecule has 2 nitrogen and oxygen atoms in total. The van der Waals surface area contributed by atoms with Crippen LogP contribution in [0.5, 0.6) is 5.75 Å². The number of phenols is 1. The van der Waals surface area contributed by atoms with Gasteiger partial charge in [0, 0.05) is 5.56 Å². The van der Waals surface area contributed by atoms with Crippen LogP contribution in [0.2, 0.25) is 0 Å². The molecule has 1 aliphatic carbocycles. The molecule has 0 amide bonds. The molecule has 1 aliphatic rings. The van der Waals surface area contributed by atoms with E-state index in [0.717, 1.165) is 18.4 Å². The van der Waals surface area contributed by atoms with Crippen molar-refractivity contribution in [2.75, 3.05) is 0 Å². The number of phenolic OH excluding ortho intramolecular Hbond substituents is 1. The van der Waals surface area contributed by atoms with Gasteiger partial charge in [-0.25, -0.2) is 0 Å². The Bertz CT molecular complexity index is 384. The zero-order valence-electron chi connectivity index (χ0n) is 9.54. The molecule has 15 heavy (non-hydrogen) atoms. The van der Waals surface area contributed by atoms with Gasteiger partial charge in [0.05, 0.1) is 5.60 Å². The summed E-state index contributed by atoms with van der Waals surface area (Å²) in [6.45, 7) is 6.38. The highest BCUT2D eigenvalue weighted by Crippen LogP contribution is 2.49. The summed E-state index contributed by atoms with van der Waals surface area (Å²) >= 11 is 0. The Morgan fingerprint density at radius 1 is 1.20 bits per heavy atom. The number of hydrogen-bond acceptors (Lipinski definition) is 2. The van der Waals surface area contributed by atoms with Crippen molar-refractivity contribution in [2.45, 2.75) is 44.6 Å². The number of benzene rings is 1. The van der Waals surface area contributed by atoms with E-state index in [1.807, 2.05) is 12.1 Å². The predicted molar refractivity (Wildman–Crippen MR) is 59.9 cm³/mol. The van der Waals surface area contributed by atoms with Gasteiger partial charge in [-0.3, -0.25) is 0 Å². The maximum absolute atomic E-state index is 10.0. The monoisotopic (exact) mass is 206 g/mol. The van der Waals surface area contributed by atoms with Gasteiger partial charge < -0.3 is 10.2 Å². The van der Waals surface area contributed by atoms with Crippen LogP contribution in [0.25, 0.3) is 0 Å². The molecule has 0 heterocycles. The predicted octanol–water partition coefficient (Wildman–Crippen LogP) is 2.67. The number of hydrogen-bond donors (Lipinski definition) is 2. The lowest BCUT2D eigenvalue weighted by Gasteiger charge is -2.21. The van der Waals surface area contributed by atoms with Gasteiger partial charge in [-0.2, -0.15) is 0 Å². The summed E-state index contributed by atoms with van der Waals surface area (Å²) < 4.78 is 0. The summed E-state index contributed by atoms with van der Waals surface area (Å²) in [5.41, 5.74) is 1.13. The van der Waals surface area contributed by atoms with Crippen LogP contribution in [0.3, 0.4) is 0 Å². The van der Waals surface area contributed by atoms with E-state index in [0.29, 0.717) is 5.56 Å². The Hall–Kier alpha value is -1.02. The third kappa shape index (κ3) is 1.86. The minimum atomic E-state index is -0.759. The van der Waals surface area contributed by atoms with Crippen LogP contribution in [0.1, 0.15) is 44.7 Å². The quantitative estimate of drug-likeness (QED) is 0.741. The average molecular weight is 206 g/mol. The first-order chi connectivity index (χ1) is 6.83. The summed E-state index contributed by atoms with van der Waals surface area (Å²) in [6, 6.07) is 5.54. The molecule has 0 unspecified atom stereocenters. The summed E-state index contributed by atoms with van der Waals surface area (Å²) in [5, 5.41) is 19.7. The molecule has 0 aliphatic heterocycles. The Kier molecular flexibility index (Phi) is 2.09. The second kappa shape index (κ2) is 2.99. The van der Waals surface area contributed by atoms with Crippen LogP contribution in [0.15, 0.2) is 18.2 Å². The molecular formula is C13H18O2. The Morgan fingerprint density at radius 3 is 2.27 bits per heavy atom. The molecule has 1 aromatic rings. The standard InChI is InChI=1S/C13H18O2/c1-12(2,3)9-4-5-11(14)10(8-9)13(15)6-7-13/h4-5,8,14-15H,6-7H2,1-3H3. The number of rotatable bonds is 1. The van der Waals surface area contributed by atoms with Gasteiger partial charge in [0.2, 0.25) is 0 Å². The molecule has 1 saturated carbocycles. The molecule has 1 fully saturated rings. The highest BCUT2D eigenvalue weighted by Gasteiger charge is 2.44. The molecule has 0 aromatic heterocycles. The van der Waals surface area contributed by atoms with E-state index >= 15 is 0 Å². The second-order valence-electron chi connectivity index (χ2n) is 5.51. The van der Waals surface area contributed by atoms with Crippen molar-refractivity contribution in [3.05, 3.63) is 29.3 Å². The lowest BCUT2D eigenvalue weighted by Crippen LogP contribution is -2.13. The molecule has 2 rings (SSSR count). The van der Waals surface area contributed by atoms with Gasteiger partial charge in [-0.1, -0.05) is 26.8 Å². The maximum Gasteiger partial charge on any atom is 0.121 e. The molecule has 2 heteroatoms. The van der Waals surface area contributed by atoms with Crippen molar-refractivity contribution in [3.8, 4) is 5.75 Å². The zero-order valence-corrected chi connectivity index (χ0v) is 9.54. The van der Waals surface area contributed by atoms with Crippen molar-refractivity contribution >= 4 is 0 Å². The van der Waals surface area contributed by atoms with Gasteiger partial charge in [-0.15, -0.1) is 0 Å². The summed E-state index contributed by atoms with van der Waals surface area (Å²) in [4.78, 5) is 0. The number of aliphatic hydroxyl groups is 1. The maximum atomic E-state index is 10.0. The van der Waals surface area contributed by atoms with Crippen molar-refractivity contribution in [1.29, 1.82) is 0 Å². The SMILES string of the molecule is CC(C)(C)c1ccc(O)c(C2(O)CC2)c1.